The van der Waals surface area contributed by atoms with Crippen LogP contribution < -0.4 is 5.56 Å². The maximum Gasteiger partial charge on any atom is 0.269 e. The van der Waals surface area contributed by atoms with E-state index < -0.39 is 34.7 Å². The predicted octanol–water partition coefficient (Wildman–Crippen LogP) is 4.69. The Morgan fingerprint density at radius 1 is 1.07 bits per heavy atom. The van der Waals surface area contributed by atoms with Gasteiger partial charge in [-0.2, -0.15) is 0 Å². The molecule has 0 fully saturated rings. The summed E-state index contributed by atoms with van der Waals surface area (Å²) in [6.45, 7) is 1.64. The largest absolute Gasteiger partial charge is 0.384 e. The Hall–Kier alpha value is -2.57. The van der Waals surface area contributed by atoms with Crippen LogP contribution in [0.3, 0.4) is 0 Å². The number of rotatable bonds is 4. The molecule has 1 heterocycles. The number of nitrogens with zero attached hydrogens (tertiary/aromatic N) is 1. The van der Waals surface area contributed by atoms with Crippen LogP contribution in [0.5, 0.6) is 0 Å². The Balaban J connectivity index is 2.39. The monoisotopic (exact) mass is 393 g/mol. The van der Waals surface area contributed by atoms with Crippen LogP contribution in [0.4, 0.5) is 13.2 Å². The van der Waals surface area contributed by atoms with Crippen molar-refractivity contribution in [3.8, 4) is 11.3 Å². The van der Waals surface area contributed by atoms with Gasteiger partial charge in [-0.1, -0.05) is 41.9 Å². The number of aliphatic hydroxyl groups excluding tert-OH is 1. The maximum atomic E-state index is 14.5. The highest BCUT2D eigenvalue weighted by atomic mass is 35.5. The van der Waals surface area contributed by atoms with E-state index in [0.29, 0.717) is 17.7 Å². The molecule has 7 heteroatoms. The molecule has 1 N–H and O–H groups in total. The number of benzene rings is 2. The first-order valence-electron chi connectivity index (χ1n) is 8.16. The highest BCUT2D eigenvalue weighted by molar-refractivity contribution is 6.30. The molecule has 2 aromatic carbocycles. The second-order valence-electron chi connectivity index (χ2n) is 5.90. The van der Waals surface area contributed by atoms with Gasteiger partial charge in [0, 0.05) is 24.2 Å². The topological polar surface area (TPSA) is 42.2 Å². The molecule has 1 atom stereocenters. The number of pyridine rings is 1. The van der Waals surface area contributed by atoms with Gasteiger partial charge in [0.1, 0.15) is 28.6 Å². The third-order valence-corrected chi connectivity index (χ3v) is 4.52. The van der Waals surface area contributed by atoms with Gasteiger partial charge >= 0.3 is 0 Å². The molecule has 0 saturated heterocycles. The van der Waals surface area contributed by atoms with Gasteiger partial charge in [-0.05, 0) is 18.6 Å². The second kappa shape index (κ2) is 7.58. The standard InChI is InChI=1S/C20H15ClF3NO2/c1-2-25-18(17-15(23)8-12(22)9-16(17)24)13(10-14(21)20(25)27)19(26)11-6-4-3-5-7-11/h3-10,19,26H,2H2,1H3. The first-order valence-corrected chi connectivity index (χ1v) is 8.54. The Kier molecular flexibility index (Phi) is 5.39. The fraction of sp³-hybridized carbons (Fsp3) is 0.150. The van der Waals surface area contributed by atoms with E-state index in [2.05, 4.69) is 0 Å². The minimum absolute atomic E-state index is 0.0389. The summed E-state index contributed by atoms with van der Waals surface area (Å²) in [4.78, 5) is 12.4. The Bertz CT molecular complexity index is 1030. The van der Waals surface area contributed by atoms with Crippen LogP contribution in [-0.4, -0.2) is 9.67 Å². The van der Waals surface area contributed by atoms with Gasteiger partial charge in [-0.25, -0.2) is 13.2 Å². The zero-order valence-electron chi connectivity index (χ0n) is 14.2. The Morgan fingerprint density at radius 3 is 2.22 bits per heavy atom. The average Bonchev–Trinajstić information content (AvgIpc) is 2.64. The molecule has 3 aromatic rings. The van der Waals surface area contributed by atoms with E-state index in [0.717, 1.165) is 4.57 Å². The van der Waals surface area contributed by atoms with Gasteiger partial charge in [-0.15, -0.1) is 0 Å². The molecule has 3 rings (SSSR count). The molecule has 0 radical (unpaired) electrons. The predicted molar refractivity (Wildman–Crippen MR) is 97.2 cm³/mol. The van der Waals surface area contributed by atoms with Crippen LogP contribution in [0, 0.1) is 17.5 Å². The molecule has 140 valence electrons. The maximum absolute atomic E-state index is 14.5. The number of hydrogen-bond acceptors (Lipinski definition) is 2. The van der Waals surface area contributed by atoms with Crippen LogP contribution in [0.1, 0.15) is 24.2 Å². The summed E-state index contributed by atoms with van der Waals surface area (Å²) in [5.41, 5.74) is -0.965. The van der Waals surface area contributed by atoms with E-state index in [-0.39, 0.29) is 22.8 Å². The lowest BCUT2D eigenvalue weighted by Gasteiger charge is -2.21. The molecule has 0 aliphatic heterocycles. The van der Waals surface area contributed by atoms with Crippen molar-refractivity contribution in [1.29, 1.82) is 0 Å². The number of halogens is 4. The van der Waals surface area contributed by atoms with E-state index >= 15 is 0 Å². The Labute approximate surface area is 158 Å². The summed E-state index contributed by atoms with van der Waals surface area (Å²) in [5.74, 6) is -3.45. The van der Waals surface area contributed by atoms with E-state index in [1.54, 1.807) is 37.3 Å². The van der Waals surface area contributed by atoms with E-state index in [9.17, 15) is 23.1 Å². The van der Waals surface area contributed by atoms with Crippen molar-refractivity contribution in [2.24, 2.45) is 0 Å². The van der Waals surface area contributed by atoms with Crippen LogP contribution in [0.25, 0.3) is 11.3 Å². The zero-order chi connectivity index (χ0) is 19.7. The van der Waals surface area contributed by atoms with E-state index in [4.69, 9.17) is 11.6 Å². The zero-order valence-corrected chi connectivity index (χ0v) is 15.0. The molecule has 3 nitrogen and oxygen atoms in total. The first-order chi connectivity index (χ1) is 12.8. The van der Waals surface area contributed by atoms with Gasteiger partial charge < -0.3 is 9.67 Å². The van der Waals surface area contributed by atoms with Crippen LogP contribution in [0.2, 0.25) is 5.02 Å². The number of aromatic nitrogens is 1. The van der Waals surface area contributed by atoms with Crippen LogP contribution in [0.15, 0.2) is 53.3 Å². The second-order valence-corrected chi connectivity index (χ2v) is 6.31. The molecule has 0 saturated carbocycles. The van der Waals surface area contributed by atoms with Crippen molar-refractivity contribution in [1.82, 2.24) is 4.57 Å². The lowest BCUT2D eigenvalue weighted by molar-refractivity contribution is 0.220. The van der Waals surface area contributed by atoms with Crippen LogP contribution >= 0.6 is 11.6 Å². The summed E-state index contributed by atoms with van der Waals surface area (Å²) in [5, 5.41) is 10.6. The average molecular weight is 394 g/mol. The van der Waals surface area contributed by atoms with Crippen molar-refractivity contribution in [2.75, 3.05) is 0 Å². The minimum Gasteiger partial charge on any atom is -0.384 e. The third kappa shape index (κ3) is 3.50. The summed E-state index contributed by atoms with van der Waals surface area (Å²) >= 11 is 6.00. The highest BCUT2D eigenvalue weighted by Crippen LogP contribution is 2.35. The summed E-state index contributed by atoms with van der Waals surface area (Å²) in [6.07, 6.45) is -1.30. The summed E-state index contributed by atoms with van der Waals surface area (Å²) in [7, 11) is 0. The van der Waals surface area contributed by atoms with Crippen molar-refractivity contribution in [3.63, 3.8) is 0 Å². The fourth-order valence-electron chi connectivity index (χ4n) is 3.03. The molecular weight excluding hydrogens is 379 g/mol. The molecule has 0 aliphatic rings. The van der Waals surface area contributed by atoms with Crippen molar-refractivity contribution in [3.05, 3.63) is 92.5 Å². The van der Waals surface area contributed by atoms with Gasteiger partial charge in [0.2, 0.25) is 0 Å². The van der Waals surface area contributed by atoms with Gasteiger partial charge in [-0.3, -0.25) is 4.79 Å². The van der Waals surface area contributed by atoms with E-state index in [1.807, 2.05) is 0 Å². The van der Waals surface area contributed by atoms with Crippen LogP contribution in [-0.2, 0) is 6.54 Å². The summed E-state index contributed by atoms with van der Waals surface area (Å²) in [6, 6.07) is 10.6. The molecule has 0 spiro atoms. The normalized spacial score (nSPS) is 12.2. The minimum atomic E-state index is -1.30. The fourth-order valence-corrected chi connectivity index (χ4v) is 3.25. The Morgan fingerprint density at radius 2 is 1.67 bits per heavy atom. The van der Waals surface area contributed by atoms with Crippen molar-refractivity contribution >= 4 is 11.6 Å². The number of hydrogen-bond donors (Lipinski definition) is 1. The molecule has 27 heavy (non-hydrogen) atoms. The summed E-state index contributed by atoms with van der Waals surface area (Å²) < 4.78 is 43.4. The third-order valence-electron chi connectivity index (χ3n) is 4.24. The van der Waals surface area contributed by atoms with Crippen molar-refractivity contribution < 1.29 is 18.3 Å². The highest BCUT2D eigenvalue weighted by Gasteiger charge is 2.26. The molecule has 0 aliphatic carbocycles. The molecule has 0 bridgehead atoms. The van der Waals surface area contributed by atoms with Gasteiger partial charge in [0.25, 0.3) is 5.56 Å². The smallest absolute Gasteiger partial charge is 0.269 e. The van der Waals surface area contributed by atoms with E-state index in [1.165, 1.54) is 6.07 Å². The lowest BCUT2D eigenvalue weighted by Crippen LogP contribution is -2.24. The van der Waals surface area contributed by atoms with Gasteiger partial charge in [0.05, 0.1) is 11.3 Å². The molecular formula is C20H15ClF3NO2. The SMILES string of the molecule is CCn1c(-c2c(F)cc(F)cc2F)c(C(O)c2ccccc2)cc(Cl)c1=O. The van der Waals surface area contributed by atoms with Gasteiger partial charge in [0.15, 0.2) is 0 Å². The lowest BCUT2D eigenvalue weighted by atomic mass is 9.95. The number of aliphatic hydroxyl groups is 1. The molecule has 0 amide bonds. The quantitative estimate of drug-likeness (QED) is 0.699. The molecule has 1 unspecified atom stereocenters. The van der Waals surface area contributed by atoms with Crippen molar-refractivity contribution in [2.45, 2.75) is 19.6 Å². The molecule has 1 aromatic heterocycles. The first kappa shape index (κ1) is 19.2.